The van der Waals surface area contributed by atoms with Crippen molar-refractivity contribution in [3.63, 3.8) is 0 Å². The lowest BCUT2D eigenvalue weighted by molar-refractivity contribution is -0.274. The Balaban J connectivity index is 1.52. The van der Waals surface area contributed by atoms with E-state index < -0.39 is 24.0 Å². The number of carbonyl (C=O) groups is 1. The van der Waals surface area contributed by atoms with Crippen LogP contribution < -0.4 is 15.4 Å². The number of hydrogen-bond donors (Lipinski definition) is 2. The fraction of sp³-hybridized carbons (Fsp3) is 0.0476. The average molecular weight is 430 g/mol. The third-order valence-corrected chi connectivity index (χ3v) is 4.26. The molecular formula is C21H14F4N4O2. The first-order valence-electron chi connectivity index (χ1n) is 8.94. The molecule has 0 saturated carbocycles. The van der Waals surface area contributed by atoms with Crippen molar-refractivity contribution < 1.29 is 27.1 Å². The van der Waals surface area contributed by atoms with Crippen molar-refractivity contribution in [2.24, 2.45) is 0 Å². The van der Waals surface area contributed by atoms with E-state index in [1.165, 1.54) is 30.5 Å². The Labute approximate surface area is 173 Å². The van der Waals surface area contributed by atoms with Crippen molar-refractivity contribution in [3.05, 3.63) is 78.9 Å². The maximum atomic E-state index is 13.7. The van der Waals surface area contributed by atoms with Crippen molar-refractivity contribution in [1.29, 1.82) is 0 Å². The van der Waals surface area contributed by atoms with Crippen LogP contribution in [-0.4, -0.2) is 21.9 Å². The molecular weight excluding hydrogens is 416 g/mol. The SMILES string of the molecule is O=C(Nc1ccc(OC(F)(F)F)cc1)Nc1cccnc1-n1ccc2ccc(F)cc21. The number of hydrogen-bond acceptors (Lipinski definition) is 3. The first-order valence-corrected chi connectivity index (χ1v) is 8.94. The lowest BCUT2D eigenvalue weighted by Crippen LogP contribution is -2.21. The highest BCUT2D eigenvalue weighted by molar-refractivity contribution is 6.01. The molecule has 0 aliphatic carbocycles. The van der Waals surface area contributed by atoms with Gasteiger partial charge in [0.05, 0.1) is 11.2 Å². The van der Waals surface area contributed by atoms with E-state index in [9.17, 15) is 22.4 Å². The Morgan fingerprint density at radius 2 is 1.77 bits per heavy atom. The Hall–Kier alpha value is -4.08. The molecule has 0 unspecified atom stereocenters. The normalized spacial score (nSPS) is 11.4. The molecule has 0 fully saturated rings. The van der Waals surface area contributed by atoms with Crippen LogP contribution in [-0.2, 0) is 0 Å². The molecule has 2 heterocycles. The van der Waals surface area contributed by atoms with Gasteiger partial charge in [0.2, 0.25) is 0 Å². The van der Waals surface area contributed by atoms with Gasteiger partial charge in [0.15, 0.2) is 5.82 Å². The molecule has 4 rings (SSSR count). The summed E-state index contributed by atoms with van der Waals surface area (Å²) in [5, 5.41) is 5.95. The fourth-order valence-electron chi connectivity index (χ4n) is 3.00. The number of fused-ring (bicyclic) bond motifs is 1. The zero-order valence-electron chi connectivity index (χ0n) is 15.7. The van der Waals surface area contributed by atoms with E-state index in [0.29, 0.717) is 17.0 Å². The lowest BCUT2D eigenvalue weighted by atomic mass is 10.2. The third-order valence-electron chi connectivity index (χ3n) is 4.26. The number of pyridine rings is 1. The number of rotatable bonds is 4. The van der Waals surface area contributed by atoms with E-state index >= 15 is 0 Å². The molecule has 2 amide bonds. The second-order valence-corrected chi connectivity index (χ2v) is 6.41. The van der Waals surface area contributed by atoms with Crippen LogP contribution in [0.15, 0.2) is 73.1 Å². The summed E-state index contributed by atoms with van der Waals surface area (Å²) in [6.07, 6.45) is -1.56. The molecule has 0 radical (unpaired) electrons. The van der Waals surface area contributed by atoms with Crippen LogP contribution in [0, 0.1) is 5.82 Å². The van der Waals surface area contributed by atoms with Crippen molar-refractivity contribution in [2.75, 3.05) is 10.6 Å². The zero-order valence-corrected chi connectivity index (χ0v) is 15.7. The molecule has 10 heteroatoms. The molecule has 2 N–H and O–H groups in total. The first-order chi connectivity index (χ1) is 14.8. The van der Waals surface area contributed by atoms with Gasteiger partial charge in [0.25, 0.3) is 0 Å². The van der Waals surface area contributed by atoms with Crippen molar-refractivity contribution in [3.8, 4) is 11.6 Å². The van der Waals surface area contributed by atoms with Crippen molar-refractivity contribution in [1.82, 2.24) is 9.55 Å². The van der Waals surface area contributed by atoms with Crippen molar-refractivity contribution >= 4 is 28.3 Å². The standard InChI is InChI=1S/C21H14F4N4O2/c22-14-4-3-13-9-11-29(18(13)12-14)19-17(2-1-10-26-19)28-20(30)27-15-5-7-16(8-6-15)31-21(23,24)25/h1-12H,(H2,27,28,30). The number of anilines is 2. The Kier molecular flexibility index (Phi) is 5.20. The molecule has 0 aliphatic rings. The van der Waals surface area contributed by atoms with Gasteiger partial charge in [-0.25, -0.2) is 14.2 Å². The molecule has 31 heavy (non-hydrogen) atoms. The van der Waals surface area contributed by atoms with Crippen LogP contribution in [0.4, 0.5) is 33.7 Å². The van der Waals surface area contributed by atoms with Crippen LogP contribution in [0.5, 0.6) is 5.75 Å². The number of urea groups is 1. The van der Waals surface area contributed by atoms with E-state index in [-0.39, 0.29) is 5.69 Å². The summed E-state index contributed by atoms with van der Waals surface area (Å²) in [7, 11) is 0. The number of aromatic nitrogens is 2. The summed E-state index contributed by atoms with van der Waals surface area (Å²) in [6.45, 7) is 0. The Morgan fingerprint density at radius 3 is 2.52 bits per heavy atom. The molecule has 0 spiro atoms. The highest BCUT2D eigenvalue weighted by atomic mass is 19.4. The monoisotopic (exact) mass is 430 g/mol. The van der Waals surface area contributed by atoms with E-state index in [2.05, 4.69) is 20.4 Å². The Morgan fingerprint density at radius 1 is 1.00 bits per heavy atom. The van der Waals surface area contributed by atoms with Gasteiger partial charge in [-0.15, -0.1) is 13.2 Å². The van der Waals surface area contributed by atoms with Crippen LogP contribution in [0.3, 0.4) is 0 Å². The van der Waals surface area contributed by atoms with Crippen LogP contribution in [0.2, 0.25) is 0 Å². The quantitative estimate of drug-likeness (QED) is 0.408. The zero-order chi connectivity index (χ0) is 22.0. The molecule has 0 saturated heterocycles. The predicted octanol–water partition coefficient (Wildman–Crippen LogP) is 5.71. The minimum Gasteiger partial charge on any atom is -0.406 e. The van der Waals surface area contributed by atoms with Gasteiger partial charge in [-0.3, -0.25) is 4.57 Å². The van der Waals surface area contributed by atoms with E-state index in [1.807, 2.05) is 0 Å². The highest BCUT2D eigenvalue weighted by Crippen LogP contribution is 2.26. The van der Waals surface area contributed by atoms with Crippen LogP contribution in [0.1, 0.15) is 0 Å². The first kappa shape index (κ1) is 20.2. The molecule has 0 atom stereocenters. The van der Waals surface area contributed by atoms with Gasteiger partial charge in [-0.05, 0) is 60.7 Å². The topological polar surface area (TPSA) is 68.2 Å². The molecule has 0 aliphatic heterocycles. The average Bonchev–Trinajstić information content (AvgIpc) is 3.11. The summed E-state index contributed by atoms with van der Waals surface area (Å²) >= 11 is 0. The summed E-state index contributed by atoms with van der Waals surface area (Å²) in [5.74, 6) is -0.444. The third kappa shape index (κ3) is 4.74. The summed E-state index contributed by atoms with van der Waals surface area (Å²) in [4.78, 5) is 16.7. The van der Waals surface area contributed by atoms with Gasteiger partial charge >= 0.3 is 12.4 Å². The lowest BCUT2D eigenvalue weighted by Gasteiger charge is -2.13. The minimum absolute atomic E-state index is 0.256. The van der Waals surface area contributed by atoms with Gasteiger partial charge in [0, 0.05) is 23.5 Å². The number of benzene rings is 2. The van der Waals surface area contributed by atoms with Crippen molar-refractivity contribution in [2.45, 2.75) is 6.36 Å². The number of ether oxygens (including phenoxy) is 1. The van der Waals surface area contributed by atoms with E-state index in [0.717, 1.165) is 17.5 Å². The highest BCUT2D eigenvalue weighted by Gasteiger charge is 2.31. The number of carbonyl (C=O) groups excluding carboxylic acids is 1. The predicted molar refractivity (Wildman–Crippen MR) is 107 cm³/mol. The van der Waals surface area contributed by atoms with E-state index in [4.69, 9.17) is 0 Å². The molecule has 6 nitrogen and oxygen atoms in total. The molecule has 4 aromatic rings. The number of halogens is 4. The van der Waals surface area contributed by atoms with Gasteiger partial charge < -0.3 is 15.4 Å². The largest absolute Gasteiger partial charge is 0.573 e. The smallest absolute Gasteiger partial charge is 0.406 e. The maximum absolute atomic E-state index is 13.7. The Bertz CT molecular complexity index is 1240. The van der Waals surface area contributed by atoms with Gasteiger partial charge in [-0.1, -0.05) is 0 Å². The maximum Gasteiger partial charge on any atom is 0.573 e. The molecule has 158 valence electrons. The molecule has 2 aromatic carbocycles. The van der Waals surface area contributed by atoms with Gasteiger partial charge in [-0.2, -0.15) is 0 Å². The second-order valence-electron chi connectivity index (χ2n) is 6.41. The molecule has 2 aromatic heterocycles. The summed E-state index contributed by atoms with van der Waals surface area (Å²) in [5.41, 5.74) is 1.17. The summed E-state index contributed by atoms with van der Waals surface area (Å²) < 4.78 is 55.8. The second kappa shape index (κ2) is 7.98. The van der Waals surface area contributed by atoms with Crippen LogP contribution >= 0.6 is 0 Å². The van der Waals surface area contributed by atoms with E-state index in [1.54, 1.807) is 35.0 Å². The minimum atomic E-state index is -4.80. The van der Waals surface area contributed by atoms with Gasteiger partial charge in [0.1, 0.15) is 11.6 Å². The number of alkyl halides is 3. The van der Waals surface area contributed by atoms with Crippen LogP contribution in [0.25, 0.3) is 16.7 Å². The summed E-state index contributed by atoms with van der Waals surface area (Å²) in [6, 6.07) is 13.4. The molecule has 0 bridgehead atoms. The number of nitrogens with one attached hydrogen (secondary N) is 2. The number of amides is 2. The number of nitrogens with zero attached hydrogens (tertiary/aromatic N) is 2. The fourth-order valence-corrected chi connectivity index (χ4v) is 3.00.